The van der Waals surface area contributed by atoms with Crippen LogP contribution in [0.3, 0.4) is 0 Å². The maximum absolute atomic E-state index is 5.28. The van der Waals surface area contributed by atoms with Gasteiger partial charge in [-0.25, -0.2) is 0 Å². The maximum atomic E-state index is 5.28. The third kappa shape index (κ3) is 1.04. The molecule has 0 N–H and O–H groups in total. The first kappa shape index (κ1) is 4.87. The molecule has 0 spiro atoms. The lowest BCUT2D eigenvalue weighted by atomic mass is 11.0. The third-order valence-electron chi connectivity index (χ3n) is 0.438. The molecule has 1 rings (SSSR count). The highest BCUT2D eigenvalue weighted by atomic mass is 35.5. The summed E-state index contributed by atoms with van der Waals surface area (Å²) >= 11 is 10.5. The fraction of sp³-hybridized carbons (Fsp3) is 0. The van der Waals surface area contributed by atoms with E-state index in [1.165, 1.54) is 6.20 Å². The molecule has 0 amide bonds. The van der Waals surface area contributed by atoms with Gasteiger partial charge in [0.1, 0.15) is 0 Å². The molecular formula is C2HCl2N3. The van der Waals surface area contributed by atoms with E-state index in [0.717, 1.165) is 4.32 Å². The minimum Gasteiger partial charge on any atom is -0.144 e. The quantitative estimate of drug-likeness (QED) is 0.533. The highest BCUT2D eigenvalue weighted by Gasteiger charge is 1.88. The second-order valence-electron chi connectivity index (χ2n) is 0.908. The number of aromatic nitrogens is 3. The zero-order valence-electron chi connectivity index (χ0n) is 3.17. The predicted octanol–water partition coefficient (Wildman–Crippen LogP) is 0.933. The molecule has 38 valence electrons. The van der Waals surface area contributed by atoms with E-state index in [-0.39, 0.29) is 0 Å². The molecule has 0 unspecified atom stereocenters. The smallest absolute Gasteiger partial charge is 0.144 e. The summed E-state index contributed by atoms with van der Waals surface area (Å²) in [5.41, 5.74) is 0. The molecule has 0 aliphatic rings. The standard InChI is InChI=1S/C2HCl2N3/c3-2-1-5-7(4)6-2/h1H. The summed E-state index contributed by atoms with van der Waals surface area (Å²) in [6.07, 6.45) is 1.36. The monoisotopic (exact) mass is 137 g/mol. The van der Waals surface area contributed by atoms with Crippen LogP contribution < -0.4 is 0 Å². The van der Waals surface area contributed by atoms with Crippen LogP contribution in [0.4, 0.5) is 0 Å². The molecule has 0 saturated heterocycles. The molecule has 1 aromatic rings. The number of hydrogen-bond acceptors (Lipinski definition) is 2. The summed E-state index contributed by atoms with van der Waals surface area (Å²) in [6, 6.07) is 0. The Bertz CT molecular complexity index is 143. The largest absolute Gasteiger partial charge is 0.172 e. The first-order valence-electron chi connectivity index (χ1n) is 1.53. The van der Waals surface area contributed by atoms with Crippen LogP contribution >= 0.6 is 23.4 Å². The Hall–Kier alpha value is -0.280. The van der Waals surface area contributed by atoms with E-state index in [1.54, 1.807) is 0 Å². The molecule has 0 atom stereocenters. The third-order valence-corrected chi connectivity index (χ3v) is 0.774. The minimum absolute atomic E-state index is 0.301. The van der Waals surface area contributed by atoms with E-state index in [0.29, 0.717) is 5.15 Å². The molecule has 7 heavy (non-hydrogen) atoms. The average Bonchev–Trinajstić information content (AvgIpc) is 1.87. The zero-order chi connectivity index (χ0) is 5.28. The van der Waals surface area contributed by atoms with Crippen molar-refractivity contribution in [2.24, 2.45) is 0 Å². The Balaban J connectivity index is 3.04. The Morgan fingerprint density at radius 3 is 2.57 bits per heavy atom. The summed E-state index contributed by atoms with van der Waals surface area (Å²) in [7, 11) is 0. The van der Waals surface area contributed by atoms with Crippen molar-refractivity contribution in [2.75, 3.05) is 0 Å². The maximum Gasteiger partial charge on any atom is 0.172 e. The fourth-order valence-corrected chi connectivity index (χ4v) is 0.505. The van der Waals surface area contributed by atoms with Gasteiger partial charge in [-0.15, -0.1) is 10.2 Å². The molecule has 0 bridgehead atoms. The van der Waals surface area contributed by atoms with Crippen LogP contribution in [0, 0.1) is 0 Å². The normalized spacial score (nSPS) is 9.43. The summed E-state index contributed by atoms with van der Waals surface area (Å²) < 4.78 is 0.877. The number of hydrogen-bond donors (Lipinski definition) is 0. The van der Waals surface area contributed by atoms with E-state index in [1.807, 2.05) is 0 Å². The lowest BCUT2D eigenvalue weighted by Gasteiger charge is -1.71. The molecule has 1 heterocycles. The summed E-state index contributed by atoms with van der Waals surface area (Å²) in [4.78, 5) is 0. The van der Waals surface area contributed by atoms with Gasteiger partial charge in [0, 0.05) is 0 Å². The molecule has 3 nitrogen and oxygen atoms in total. The van der Waals surface area contributed by atoms with E-state index in [2.05, 4.69) is 10.2 Å². The Morgan fingerprint density at radius 2 is 2.43 bits per heavy atom. The van der Waals surface area contributed by atoms with Crippen molar-refractivity contribution in [1.29, 1.82) is 0 Å². The van der Waals surface area contributed by atoms with Crippen LogP contribution in [0.2, 0.25) is 5.15 Å². The lowest BCUT2D eigenvalue weighted by molar-refractivity contribution is 0.848. The van der Waals surface area contributed by atoms with Crippen molar-refractivity contribution in [3.8, 4) is 0 Å². The zero-order valence-corrected chi connectivity index (χ0v) is 4.69. The van der Waals surface area contributed by atoms with Crippen LogP contribution in [-0.2, 0) is 0 Å². The molecule has 0 aliphatic carbocycles. The van der Waals surface area contributed by atoms with Crippen molar-refractivity contribution in [2.45, 2.75) is 0 Å². The van der Waals surface area contributed by atoms with Crippen LogP contribution in [0.5, 0.6) is 0 Å². The predicted molar refractivity (Wildman–Crippen MR) is 26.3 cm³/mol. The molecule has 5 heteroatoms. The van der Waals surface area contributed by atoms with Crippen LogP contribution in [0.25, 0.3) is 0 Å². The van der Waals surface area contributed by atoms with Gasteiger partial charge in [0.05, 0.1) is 18.0 Å². The minimum atomic E-state index is 0.301. The van der Waals surface area contributed by atoms with Gasteiger partial charge in [-0.3, -0.25) is 0 Å². The van der Waals surface area contributed by atoms with Crippen LogP contribution in [0.15, 0.2) is 6.20 Å². The molecule has 0 aromatic carbocycles. The van der Waals surface area contributed by atoms with Gasteiger partial charge in [-0.05, 0) is 0 Å². The molecule has 0 radical (unpaired) electrons. The van der Waals surface area contributed by atoms with E-state index >= 15 is 0 Å². The second-order valence-corrected chi connectivity index (χ2v) is 1.60. The Morgan fingerprint density at radius 1 is 1.71 bits per heavy atom. The van der Waals surface area contributed by atoms with Gasteiger partial charge in [0.15, 0.2) is 5.15 Å². The molecule has 0 saturated carbocycles. The summed E-state index contributed by atoms with van der Waals surface area (Å²) in [5.74, 6) is 0. The van der Waals surface area contributed by atoms with Gasteiger partial charge in [-0.1, -0.05) is 15.9 Å². The SMILES string of the molecule is Clc1cnn(Cl)n1. The van der Waals surface area contributed by atoms with E-state index in [4.69, 9.17) is 23.4 Å². The number of rotatable bonds is 0. The van der Waals surface area contributed by atoms with Crippen molar-refractivity contribution in [3.63, 3.8) is 0 Å². The highest BCUT2D eigenvalue weighted by Crippen LogP contribution is 1.98. The van der Waals surface area contributed by atoms with Crippen LogP contribution in [-0.4, -0.2) is 14.5 Å². The van der Waals surface area contributed by atoms with E-state index in [9.17, 15) is 0 Å². The molecule has 0 aliphatic heterocycles. The van der Waals surface area contributed by atoms with Crippen molar-refractivity contribution in [1.82, 2.24) is 14.5 Å². The second kappa shape index (κ2) is 1.68. The van der Waals surface area contributed by atoms with E-state index < -0.39 is 0 Å². The molecule has 1 aromatic heterocycles. The highest BCUT2D eigenvalue weighted by molar-refractivity contribution is 6.29. The lowest BCUT2D eigenvalue weighted by Crippen LogP contribution is -1.81. The van der Waals surface area contributed by atoms with Gasteiger partial charge >= 0.3 is 0 Å². The summed E-state index contributed by atoms with van der Waals surface area (Å²) in [5, 5.41) is 7.20. The Labute approximate surface area is 49.9 Å². The van der Waals surface area contributed by atoms with Crippen LogP contribution in [0.1, 0.15) is 0 Å². The number of halogens is 2. The van der Waals surface area contributed by atoms with Crippen molar-refractivity contribution in [3.05, 3.63) is 11.3 Å². The average molecular weight is 138 g/mol. The fourth-order valence-electron chi connectivity index (χ4n) is 0.226. The van der Waals surface area contributed by atoms with Gasteiger partial charge in [-0.2, -0.15) is 0 Å². The first-order valence-corrected chi connectivity index (χ1v) is 2.24. The van der Waals surface area contributed by atoms with Crippen molar-refractivity contribution < 1.29 is 0 Å². The van der Waals surface area contributed by atoms with Gasteiger partial charge < -0.3 is 0 Å². The van der Waals surface area contributed by atoms with Crippen molar-refractivity contribution >= 4 is 23.4 Å². The molecule has 0 fully saturated rings. The first-order chi connectivity index (χ1) is 3.29. The summed E-state index contributed by atoms with van der Waals surface area (Å²) in [6.45, 7) is 0. The molecular weight excluding hydrogens is 137 g/mol. The van der Waals surface area contributed by atoms with Gasteiger partial charge in [0.25, 0.3) is 0 Å². The Kier molecular flexibility index (Phi) is 1.17. The van der Waals surface area contributed by atoms with Gasteiger partial charge in [0.2, 0.25) is 0 Å². The number of nitrogens with zero attached hydrogens (tertiary/aromatic N) is 3. The topological polar surface area (TPSA) is 30.7 Å².